The van der Waals surface area contributed by atoms with E-state index in [1.54, 1.807) is 22.8 Å². The molecule has 1 aliphatic rings. The van der Waals surface area contributed by atoms with Gasteiger partial charge in [-0.25, -0.2) is 0 Å². The molecule has 1 saturated heterocycles. The summed E-state index contributed by atoms with van der Waals surface area (Å²) in [6.07, 6.45) is 2.56. The van der Waals surface area contributed by atoms with Crippen LogP contribution in [-0.2, 0) is 11.2 Å². The van der Waals surface area contributed by atoms with Gasteiger partial charge < -0.3 is 15.0 Å². The van der Waals surface area contributed by atoms with Gasteiger partial charge in [-0.3, -0.25) is 19.2 Å². The lowest BCUT2D eigenvalue weighted by molar-refractivity contribution is -0.127. The number of rotatable bonds is 7. The largest absolute Gasteiger partial charge is 0.496 e. The van der Waals surface area contributed by atoms with Gasteiger partial charge in [-0.15, -0.1) is 0 Å². The molecule has 1 aliphatic heterocycles. The first-order valence-electron chi connectivity index (χ1n) is 10.8. The maximum atomic E-state index is 12.9. The summed E-state index contributed by atoms with van der Waals surface area (Å²) in [6.45, 7) is 8.17. The van der Waals surface area contributed by atoms with Gasteiger partial charge in [0, 0.05) is 38.4 Å². The van der Waals surface area contributed by atoms with Crippen LogP contribution in [0.1, 0.15) is 41.5 Å². The number of nitrogens with zero attached hydrogens (tertiary/aromatic N) is 4. The third-order valence-electron chi connectivity index (χ3n) is 5.77. The zero-order chi connectivity index (χ0) is 22.5. The Labute approximate surface area is 184 Å². The molecule has 0 aliphatic carbocycles. The van der Waals surface area contributed by atoms with Crippen LogP contribution in [0.15, 0.2) is 30.5 Å². The molecule has 2 heterocycles. The van der Waals surface area contributed by atoms with Crippen LogP contribution >= 0.6 is 0 Å². The molecule has 31 heavy (non-hydrogen) atoms. The Hall–Kier alpha value is -2.87. The third kappa shape index (κ3) is 5.44. The molecule has 0 unspecified atom stereocenters. The molecule has 2 aromatic rings. The minimum Gasteiger partial charge on any atom is -0.496 e. The van der Waals surface area contributed by atoms with Gasteiger partial charge in [-0.2, -0.15) is 5.10 Å². The van der Waals surface area contributed by atoms with Crippen LogP contribution in [0.2, 0.25) is 0 Å². The number of likely N-dealkylation sites (N-methyl/N-ethyl adjacent to an activating group) is 1. The number of benzene rings is 1. The van der Waals surface area contributed by atoms with Gasteiger partial charge in [0.25, 0.3) is 5.91 Å². The monoisotopic (exact) mass is 427 g/mol. The van der Waals surface area contributed by atoms with Gasteiger partial charge in [0.2, 0.25) is 5.91 Å². The van der Waals surface area contributed by atoms with Crippen LogP contribution in [0, 0.1) is 6.92 Å². The average Bonchev–Trinajstić information content (AvgIpc) is 3.24. The number of nitrogens with one attached hydrogen (secondary N) is 1. The van der Waals surface area contributed by atoms with Crippen LogP contribution in [0.25, 0.3) is 0 Å². The van der Waals surface area contributed by atoms with Crippen molar-refractivity contribution in [2.45, 2.75) is 39.3 Å². The maximum absolute atomic E-state index is 12.9. The van der Waals surface area contributed by atoms with E-state index in [1.807, 2.05) is 51.0 Å². The number of hydrogen-bond acceptors (Lipinski definition) is 5. The van der Waals surface area contributed by atoms with Gasteiger partial charge in [0.1, 0.15) is 17.5 Å². The highest BCUT2D eigenvalue weighted by Crippen LogP contribution is 2.18. The summed E-state index contributed by atoms with van der Waals surface area (Å²) in [6, 6.07) is 7.61. The van der Waals surface area contributed by atoms with Crippen molar-refractivity contribution in [1.82, 2.24) is 24.9 Å². The molecule has 1 aromatic heterocycles. The quantitative estimate of drug-likeness (QED) is 0.730. The van der Waals surface area contributed by atoms with E-state index >= 15 is 0 Å². The van der Waals surface area contributed by atoms with Crippen LogP contribution in [0.4, 0.5) is 0 Å². The second kappa shape index (κ2) is 9.96. The first-order valence-corrected chi connectivity index (χ1v) is 10.8. The summed E-state index contributed by atoms with van der Waals surface area (Å²) < 4.78 is 7.07. The number of piperazine rings is 1. The number of carbonyl (C=O) groups is 2. The maximum Gasteiger partial charge on any atom is 0.274 e. The predicted molar refractivity (Wildman–Crippen MR) is 119 cm³/mol. The van der Waals surface area contributed by atoms with Crippen molar-refractivity contribution in [2.75, 3.05) is 40.3 Å². The first kappa shape index (κ1) is 22.8. The lowest BCUT2D eigenvalue weighted by Gasteiger charge is -2.38. The zero-order valence-corrected chi connectivity index (χ0v) is 19.1. The number of ether oxygens (including phenoxy) is 1. The second-order valence-corrected chi connectivity index (χ2v) is 8.37. The Morgan fingerprint density at radius 2 is 2.03 bits per heavy atom. The van der Waals surface area contributed by atoms with Crippen molar-refractivity contribution in [3.63, 3.8) is 0 Å². The minimum absolute atomic E-state index is 0.0575. The summed E-state index contributed by atoms with van der Waals surface area (Å²) in [7, 11) is 3.58. The molecule has 1 N–H and O–H groups in total. The molecule has 1 atom stereocenters. The molecule has 0 spiro atoms. The molecule has 8 heteroatoms. The normalized spacial score (nSPS) is 17.1. The number of carbonyl (C=O) groups excluding carboxylic acids is 2. The Morgan fingerprint density at radius 3 is 2.68 bits per heavy atom. The SMILES string of the molecule is COc1ccc(CCNC(=O)[C@H]2CN(C(=O)c3ccn(C(C)C)n3)CCN2C)cc1C. The number of aryl methyl sites for hydroxylation is 1. The van der Waals surface area contributed by atoms with Crippen molar-refractivity contribution in [1.29, 1.82) is 0 Å². The van der Waals surface area contributed by atoms with Gasteiger partial charge in [-0.1, -0.05) is 12.1 Å². The molecular weight excluding hydrogens is 394 g/mol. The average molecular weight is 428 g/mol. The summed E-state index contributed by atoms with van der Waals surface area (Å²) >= 11 is 0. The summed E-state index contributed by atoms with van der Waals surface area (Å²) in [5.74, 6) is 0.677. The molecular formula is C23H33N5O3. The fraction of sp³-hybridized carbons (Fsp3) is 0.522. The second-order valence-electron chi connectivity index (χ2n) is 8.37. The first-order chi connectivity index (χ1) is 14.8. The van der Waals surface area contributed by atoms with Crippen molar-refractivity contribution in [3.8, 4) is 5.75 Å². The fourth-order valence-corrected chi connectivity index (χ4v) is 3.79. The predicted octanol–water partition coefficient (Wildman–Crippen LogP) is 1.90. The molecule has 2 amide bonds. The molecule has 1 aromatic carbocycles. The Balaban J connectivity index is 1.56. The molecule has 168 valence electrons. The van der Waals surface area contributed by atoms with Gasteiger partial charge in [0.15, 0.2) is 0 Å². The number of methoxy groups -OCH3 is 1. The van der Waals surface area contributed by atoms with Gasteiger partial charge >= 0.3 is 0 Å². The Bertz CT molecular complexity index is 924. The summed E-state index contributed by atoms with van der Waals surface area (Å²) in [5, 5.41) is 7.41. The van der Waals surface area contributed by atoms with E-state index in [9.17, 15) is 9.59 Å². The summed E-state index contributed by atoms with van der Waals surface area (Å²) in [4.78, 5) is 29.4. The topological polar surface area (TPSA) is 79.7 Å². The van der Waals surface area contributed by atoms with Crippen molar-refractivity contribution < 1.29 is 14.3 Å². The molecule has 3 rings (SSSR count). The molecule has 0 radical (unpaired) electrons. The van der Waals surface area contributed by atoms with E-state index in [4.69, 9.17) is 4.74 Å². The number of amides is 2. The molecule has 8 nitrogen and oxygen atoms in total. The highest BCUT2D eigenvalue weighted by molar-refractivity contribution is 5.93. The van der Waals surface area contributed by atoms with E-state index in [-0.39, 0.29) is 23.9 Å². The Kier molecular flexibility index (Phi) is 7.33. The standard InChI is InChI=1S/C23H33N5O3/c1-16(2)28-11-9-19(25-28)23(30)27-13-12-26(4)20(15-27)22(29)24-10-8-18-6-7-21(31-5)17(3)14-18/h6-7,9,11,14,16,20H,8,10,12-13,15H2,1-5H3,(H,24,29)/t20-/m1/s1. The van der Waals surface area contributed by atoms with Crippen molar-refractivity contribution in [3.05, 3.63) is 47.3 Å². The molecule has 0 saturated carbocycles. The smallest absolute Gasteiger partial charge is 0.274 e. The van der Waals surface area contributed by atoms with E-state index in [1.165, 1.54) is 0 Å². The van der Waals surface area contributed by atoms with E-state index in [0.717, 1.165) is 23.3 Å². The van der Waals surface area contributed by atoms with Gasteiger partial charge in [-0.05, 0) is 57.5 Å². The van der Waals surface area contributed by atoms with Crippen LogP contribution in [0.5, 0.6) is 5.75 Å². The lowest BCUT2D eigenvalue weighted by Crippen LogP contribution is -2.58. The number of hydrogen-bond donors (Lipinski definition) is 1. The zero-order valence-electron chi connectivity index (χ0n) is 19.1. The highest BCUT2D eigenvalue weighted by Gasteiger charge is 2.33. The number of aromatic nitrogens is 2. The lowest BCUT2D eigenvalue weighted by atomic mass is 10.1. The van der Waals surface area contributed by atoms with Crippen molar-refractivity contribution in [2.24, 2.45) is 0 Å². The Morgan fingerprint density at radius 1 is 1.26 bits per heavy atom. The highest BCUT2D eigenvalue weighted by atomic mass is 16.5. The fourth-order valence-electron chi connectivity index (χ4n) is 3.79. The van der Waals surface area contributed by atoms with E-state index in [0.29, 0.717) is 31.9 Å². The van der Waals surface area contributed by atoms with Crippen LogP contribution < -0.4 is 10.1 Å². The third-order valence-corrected chi connectivity index (χ3v) is 5.77. The molecule has 0 bridgehead atoms. The van der Waals surface area contributed by atoms with E-state index in [2.05, 4.69) is 16.5 Å². The van der Waals surface area contributed by atoms with Crippen LogP contribution in [0.3, 0.4) is 0 Å². The van der Waals surface area contributed by atoms with Crippen LogP contribution in [-0.4, -0.2) is 77.8 Å². The molecule has 1 fully saturated rings. The summed E-state index contributed by atoms with van der Waals surface area (Å²) in [5.41, 5.74) is 2.65. The van der Waals surface area contributed by atoms with Gasteiger partial charge in [0.05, 0.1) is 7.11 Å². The van der Waals surface area contributed by atoms with E-state index < -0.39 is 0 Å². The minimum atomic E-state index is -0.373. The van der Waals surface area contributed by atoms with Crippen molar-refractivity contribution >= 4 is 11.8 Å².